The molecule has 0 heterocycles. The maximum atomic E-state index is 3.74. The van der Waals surface area contributed by atoms with Gasteiger partial charge < -0.3 is 5.32 Å². The fourth-order valence-electron chi connectivity index (χ4n) is 2.20. The summed E-state index contributed by atoms with van der Waals surface area (Å²) in [5.74, 6) is 0. The van der Waals surface area contributed by atoms with E-state index in [1.807, 2.05) is 0 Å². The van der Waals surface area contributed by atoms with E-state index >= 15 is 0 Å². The van der Waals surface area contributed by atoms with Gasteiger partial charge in [-0.1, -0.05) is 29.8 Å². The Balaban J connectivity index is 2.20. The van der Waals surface area contributed by atoms with Gasteiger partial charge in [0.25, 0.3) is 0 Å². The van der Waals surface area contributed by atoms with Crippen LogP contribution in [0.4, 0.5) is 0 Å². The van der Waals surface area contributed by atoms with Gasteiger partial charge in [0, 0.05) is 11.1 Å². The van der Waals surface area contributed by atoms with Gasteiger partial charge in [-0.2, -0.15) is 0 Å². The summed E-state index contributed by atoms with van der Waals surface area (Å²) in [4.78, 5) is 0. The quantitative estimate of drug-likeness (QED) is 0.777. The molecule has 1 aliphatic rings. The molecular weight excluding hydrogens is 182 g/mol. The molecule has 0 amide bonds. The summed E-state index contributed by atoms with van der Waals surface area (Å²) in [7, 11) is 0. The molecule has 1 N–H and O–H groups in total. The summed E-state index contributed by atoms with van der Waals surface area (Å²) in [5.41, 5.74) is 3.25. The molecule has 0 aromatic heterocycles. The lowest BCUT2D eigenvalue weighted by atomic mass is 9.99. The molecule has 82 valence electrons. The maximum Gasteiger partial charge on any atom is 0.0440 e. The van der Waals surface area contributed by atoms with Crippen LogP contribution in [0.2, 0.25) is 0 Å². The van der Waals surface area contributed by atoms with Crippen LogP contribution in [0.3, 0.4) is 0 Å². The summed E-state index contributed by atoms with van der Waals surface area (Å²) >= 11 is 0. The van der Waals surface area contributed by atoms with Crippen molar-refractivity contribution in [3.05, 3.63) is 35.4 Å². The van der Waals surface area contributed by atoms with E-state index in [9.17, 15) is 0 Å². The lowest BCUT2D eigenvalue weighted by Crippen LogP contribution is -2.43. The summed E-state index contributed by atoms with van der Waals surface area (Å²) in [6, 6.07) is 8.95. The molecule has 2 rings (SSSR count). The SMILES string of the molecule is Cc1ccc(C2(NC(C)(C)C)CC2)cc1. The first-order chi connectivity index (χ1) is 6.91. The standard InChI is InChI=1S/C14H21N/c1-11-5-7-12(8-6-11)14(9-10-14)15-13(2,3)4/h5-8,15H,9-10H2,1-4H3. The first-order valence-electron chi connectivity index (χ1n) is 5.78. The zero-order chi connectivity index (χ0) is 11.1. The zero-order valence-corrected chi connectivity index (χ0v) is 10.2. The highest BCUT2D eigenvalue weighted by Crippen LogP contribution is 2.46. The molecule has 1 nitrogen and oxygen atoms in total. The highest BCUT2D eigenvalue weighted by atomic mass is 15.1. The molecule has 1 aromatic rings. The van der Waals surface area contributed by atoms with Gasteiger partial charge in [0.2, 0.25) is 0 Å². The van der Waals surface area contributed by atoms with Crippen molar-refractivity contribution in [3.8, 4) is 0 Å². The van der Waals surface area contributed by atoms with E-state index < -0.39 is 0 Å². The second-order valence-electron chi connectivity index (χ2n) is 5.82. The first kappa shape index (κ1) is 10.7. The Morgan fingerprint density at radius 3 is 2.00 bits per heavy atom. The highest BCUT2D eigenvalue weighted by molar-refractivity contribution is 5.32. The average Bonchev–Trinajstić information content (AvgIpc) is 2.83. The zero-order valence-electron chi connectivity index (χ0n) is 10.2. The molecule has 0 radical (unpaired) electrons. The topological polar surface area (TPSA) is 12.0 Å². The van der Waals surface area contributed by atoms with Crippen LogP contribution in [0, 0.1) is 6.92 Å². The van der Waals surface area contributed by atoms with Crippen molar-refractivity contribution >= 4 is 0 Å². The minimum Gasteiger partial charge on any atom is -0.303 e. The summed E-state index contributed by atoms with van der Waals surface area (Å²) in [6.45, 7) is 8.85. The Kier molecular flexibility index (Phi) is 2.38. The van der Waals surface area contributed by atoms with E-state index in [-0.39, 0.29) is 11.1 Å². The molecule has 0 spiro atoms. The third-order valence-corrected chi connectivity index (χ3v) is 2.97. The number of aryl methyl sites for hydroxylation is 1. The summed E-state index contributed by atoms with van der Waals surface area (Å²) in [6.07, 6.45) is 2.54. The van der Waals surface area contributed by atoms with Crippen LogP contribution in [0.25, 0.3) is 0 Å². The van der Waals surface area contributed by atoms with Crippen LogP contribution in [0.5, 0.6) is 0 Å². The van der Waals surface area contributed by atoms with Crippen molar-refractivity contribution in [1.82, 2.24) is 5.32 Å². The largest absolute Gasteiger partial charge is 0.303 e. The van der Waals surface area contributed by atoms with Gasteiger partial charge in [-0.25, -0.2) is 0 Å². The lowest BCUT2D eigenvalue weighted by molar-refractivity contribution is 0.349. The van der Waals surface area contributed by atoms with Crippen molar-refractivity contribution in [2.75, 3.05) is 0 Å². The minimum atomic E-state index is 0.196. The Bertz CT molecular complexity index is 339. The molecule has 0 unspecified atom stereocenters. The fourth-order valence-corrected chi connectivity index (χ4v) is 2.20. The van der Waals surface area contributed by atoms with Crippen LogP contribution in [-0.2, 0) is 5.54 Å². The minimum absolute atomic E-state index is 0.196. The second-order valence-corrected chi connectivity index (χ2v) is 5.82. The summed E-state index contributed by atoms with van der Waals surface area (Å²) < 4.78 is 0. The van der Waals surface area contributed by atoms with Crippen LogP contribution >= 0.6 is 0 Å². The molecule has 1 heteroatoms. The van der Waals surface area contributed by atoms with Gasteiger partial charge in [-0.05, 0) is 46.1 Å². The Hall–Kier alpha value is -0.820. The first-order valence-corrected chi connectivity index (χ1v) is 5.78. The maximum absolute atomic E-state index is 3.74. The van der Waals surface area contributed by atoms with Crippen molar-refractivity contribution in [2.45, 2.75) is 51.6 Å². The van der Waals surface area contributed by atoms with Crippen LogP contribution in [0.15, 0.2) is 24.3 Å². The predicted molar refractivity (Wildman–Crippen MR) is 65.0 cm³/mol. The normalized spacial score (nSPS) is 18.9. The van der Waals surface area contributed by atoms with Gasteiger partial charge in [0.05, 0.1) is 0 Å². The van der Waals surface area contributed by atoms with Crippen molar-refractivity contribution in [1.29, 1.82) is 0 Å². The third kappa shape index (κ3) is 2.40. The molecule has 1 aliphatic carbocycles. The summed E-state index contributed by atoms with van der Waals surface area (Å²) in [5, 5.41) is 3.74. The Morgan fingerprint density at radius 1 is 1.07 bits per heavy atom. The van der Waals surface area contributed by atoms with Crippen molar-refractivity contribution in [3.63, 3.8) is 0 Å². The van der Waals surface area contributed by atoms with Crippen molar-refractivity contribution < 1.29 is 0 Å². The van der Waals surface area contributed by atoms with Crippen LogP contribution < -0.4 is 5.32 Å². The van der Waals surface area contributed by atoms with E-state index in [1.165, 1.54) is 24.0 Å². The molecule has 15 heavy (non-hydrogen) atoms. The Labute approximate surface area is 92.9 Å². The van der Waals surface area contributed by atoms with Gasteiger partial charge in [0.1, 0.15) is 0 Å². The number of benzene rings is 1. The lowest BCUT2D eigenvalue weighted by Gasteiger charge is -2.29. The monoisotopic (exact) mass is 203 g/mol. The third-order valence-electron chi connectivity index (χ3n) is 2.97. The number of nitrogens with one attached hydrogen (secondary N) is 1. The molecule has 0 aliphatic heterocycles. The van der Waals surface area contributed by atoms with Gasteiger partial charge >= 0.3 is 0 Å². The second kappa shape index (κ2) is 3.34. The molecule has 0 saturated heterocycles. The van der Waals surface area contributed by atoms with Crippen LogP contribution in [-0.4, -0.2) is 5.54 Å². The predicted octanol–water partition coefficient (Wildman–Crippen LogP) is 3.37. The van der Waals surface area contributed by atoms with E-state index in [4.69, 9.17) is 0 Å². The Morgan fingerprint density at radius 2 is 1.60 bits per heavy atom. The van der Waals surface area contributed by atoms with E-state index in [0.717, 1.165) is 0 Å². The number of hydrogen-bond acceptors (Lipinski definition) is 1. The number of hydrogen-bond donors (Lipinski definition) is 1. The van der Waals surface area contributed by atoms with E-state index in [0.29, 0.717) is 0 Å². The van der Waals surface area contributed by atoms with Crippen LogP contribution in [0.1, 0.15) is 44.7 Å². The van der Waals surface area contributed by atoms with Gasteiger partial charge in [0.15, 0.2) is 0 Å². The van der Waals surface area contributed by atoms with Crippen molar-refractivity contribution in [2.24, 2.45) is 0 Å². The fraction of sp³-hybridized carbons (Fsp3) is 0.571. The molecular formula is C14H21N. The number of rotatable bonds is 2. The highest BCUT2D eigenvalue weighted by Gasteiger charge is 2.46. The smallest absolute Gasteiger partial charge is 0.0440 e. The average molecular weight is 203 g/mol. The van der Waals surface area contributed by atoms with E-state index in [1.54, 1.807) is 0 Å². The molecule has 1 saturated carbocycles. The van der Waals surface area contributed by atoms with Gasteiger partial charge in [-0.3, -0.25) is 0 Å². The van der Waals surface area contributed by atoms with E-state index in [2.05, 4.69) is 57.3 Å². The van der Waals surface area contributed by atoms with Gasteiger partial charge in [-0.15, -0.1) is 0 Å². The molecule has 1 fully saturated rings. The molecule has 0 atom stereocenters. The molecule has 1 aromatic carbocycles. The molecule has 0 bridgehead atoms.